The first-order chi connectivity index (χ1) is 11.2. The van der Waals surface area contributed by atoms with Crippen LogP contribution in [0, 0.1) is 17.6 Å². The van der Waals surface area contributed by atoms with Crippen molar-refractivity contribution in [1.82, 2.24) is 0 Å². The molecule has 2 atom stereocenters. The fourth-order valence-electron chi connectivity index (χ4n) is 3.79. The summed E-state index contributed by atoms with van der Waals surface area (Å²) in [5.41, 5.74) is 0.542. The highest BCUT2D eigenvalue weighted by Gasteiger charge is 2.24. The smallest absolute Gasteiger partial charge is 0.200 e. The minimum absolute atomic E-state index is 0.0276. The van der Waals surface area contributed by atoms with Gasteiger partial charge < -0.3 is 4.74 Å². The third-order valence-electron chi connectivity index (χ3n) is 5.12. The lowest BCUT2D eigenvalue weighted by Crippen LogP contribution is -2.05. The van der Waals surface area contributed by atoms with Crippen LogP contribution in [0.25, 0.3) is 0 Å². The van der Waals surface area contributed by atoms with Crippen LogP contribution in [0.3, 0.4) is 0 Å². The van der Waals surface area contributed by atoms with Gasteiger partial charge in [0, 0.05) is 0 Å². The van der Waals surface area contributed by atoms with Crippen molar-refractivity contribution in [3.8, 4) is 5.75 Å². The van der Waals surface area contributed by atoms with Crippen molar-refractivity contribution in [2.75, 3.05) is 6.61 Å². The molecule has 0 spiro atoms. The van der Waals surface area contributed by atoms with E-state index in [9.17, 15) is 8.78 Å². The molecule has 0 amide bonds. The molecule has 0 aromatic heterocycles. The van der Waals surface area contributed by atoms with E-state index in [1.54, 1.807) is 19.1 Å². The van der Waals surface area contributed by atoms with Crippen LogP contribution in [-0.2, 0) is 0 Å². The van der Waals surface area contributed by atoms with E-state index in [1.165, 1.54) is 32.1 Å². The third kappa shape index (κ3) is 4.92. The summed E-state index contributed by atoms with van der Waals surface area (Å²) in [5, 5.41) is 0. The highest BCUT2D eigenvalue weighted by Crippen LogP contribution is 2.38. The molecular weight excluding hydrogens is 294 g/mol. The van der Waals surface area contributed by atoms with E-state index in [0.29, 0.717) is 12.2 Å². The average molecular weight is 324 g/mol. The lowest BCUT2D eigenvalue weighted by atomic mass is 9.89. The van der Waals surface area contributed by atoms with Crippen LogP contribution in [0.2, 0.25) is 0 Å². The first-order valence-electron chi connectivity index (χ1n) is 9.28. The Morgan fingerprint density at radius 1 is 1.00 bits per heavy atom. The van der Waals surface area contributed by atoms with Crippen molar-refractivity contribution in [2.24, 2.45) is 5.92 Å². The Kier molecular flexibility index (Phi) is 7.32. The van der Waals surface area contributed by atoms with Gasteiger partial charge in [-0.25, -0.2) is 4.39 Å². The van der Waals surface area contributed by atoms with Crippen LogP contribution in [0.1, 0.15) is 83.1 Å². The zero-order chi connectivity index (χ0) is 16.7. The predicted octanol–water partition coefficient (Wildman–Crippen LogP) is 6.61. The van der Waals surface area contributed by atoms with Crippen molar-refractivity contribution in [3.05, 3.63) is 29.3 Å². The summed E-state index contributed by atoms with van der Waals surface area (Å²) in [4.78, 5) is 0. The Labute approximate surface area is 139 Å². The normalized spacial score (nSPS) is 21.9. The number of rotatable bonds is 7. The minimum Gasteiger partial charge on any atom is -0.491 e. The quantitative estimate of drug-likeness (QED) is 0.405. The van der Waals surface area contributed by atoms with Gasteiger partial charge >= 0.3 is 0 Å². The molecule has 130 valence electrons. The Hall–Kier alpha value is -1.12. The van der Waals surface area contributed by atoms with E-state index in [0.717, 1.165) is 31.6 Å². The third-order valence-corrected chi connectivity index (χ3v) is 5.12. The highest BCUT2D eigenvalue weighted by atomic mass is 19.2. The second kappa shape index (κ2) is 9.24. The minimum atomic E-state index is -0.826. The molecule has 1 aromatic rings. The Morgan fingerprint density at radius 2 is 1.83 bits per heavy atom. The summed E-state index contributed by atoms with van der Waals surface area (Å²) in [5.74, 6) is -0.586. The van der Waals surface area contributed by atoms with Crippen molar-refractivity contribution in [1.29, 1.82) is 0 Å². The van der Waals surface area contributed by atoms with E-state index < -0.39 is 11.6 Å². The highest BCUT2D eigenvalue weighted by molar-refractivity contribution is 5.33. The fourth-order valence-corrected chi connectivity index (χ4v) is 3.79. The molecule has 23 heavy (non-hydrogen) atoms. The fraction of sp³-hybridized carbons (Fsp3) is 0.700. The molecule has 3 heteroatoms. The maximum atomic E-state index is 14.4. The van der Waals surface area contributed by atoms with Crippen molar-refractivity contribution < 1.29 is 13.5 Å². The standard InChI is InChI=1S/C20H30F2O/c1-3-5-6-8-15-9-7-10-16(12-11-15)17-13-14-18(23-4-2)20(22)19(17)21/h13-16H,3-12H2,1-2H3. The number of ether oxygens (including phenoxy) is 1. The molecule has 0 radical (unpaired) electrons. The molecule has 1 fully saturated rings. The largest absolute Gasteiger partial charge is 0.491 e. The number of halogens is 2. The maximum Gasteiger partial charge on any atom is 0.200 e. The Bertz CT molecular complexity index is 487. The predicted molar refractivity (Wildman–Crippen MR) is 91.0 cm³/mol. The first kappa shape index (κ1) is 18.2. The second-order valence-electron chi connectivity index (χ2n) is 6.78. The molecule has 0 heterocycles. The second-order valence-corrected chi connectivity index (χ2v) is 6.78. The number of hydrogen-bond donors (Lipinski definition) is 0. The lowest BCUT2D eigenvalue weighted by Gasteiger charge is -2.17. The van der Waals surface area contributed by atoms with Gasteiger partial charge in [-0.05, 0) is 49.7 Å². The number of hydrogen-bond acceptors (Lipinski definition) is 1. The summed E-state index contributed by atoms with van der Waals surface area (Å²) in [6.45, 7) is 4.35. The summed E-state index contributed by atoms with van der Waals surface area (Å²) in [7, 11) is 0. The summed E-state index contributed by atoms with van der Waals surface area (Å²) < 4.78 is 33.6. The molecule has 2 rings (SSSR count). The summed E-state index contributed by atoms with van der Waals surface area (Å²) >= 11 is 0. The van der Waals surface area contributed by atoms with Crippen LogP contribution in [0.15, 0.2) is 12.1 Å². The molecule has 1 aliphatic rings. The molecule has 0 saturated heterocycles. The van der Waals surface area contributed by atoms with Gasteiger partial charge in [-0.2, -0.15) is 4.39 Å². The van der Waals surface area contributed by atoms with E-state index >= 15 is 0 Å². The molecule has 1 saturated carbocycles. The molecular formula is C20H30F2O. The average Bonchev–Trinajstić information content (AvgIpc) is 2.78. The van der Waals surface area contributed by atoms with E-state index in [4.69, 9.17) is 4.74 Å². The Morgan fingerprint density at radius 3 is 2.57 bits per heavy atom. The maximum absolute atomic E-state index is 14.4. The van der Waals surface area contributed by atoms with Gasteiger partial charge in [0.25, 0.3) is 0 Å². The Balaban J connectivity index is 2.01. The van der Waals surface area contributed by atoms with Gasteiger partial charge in [-0.3, -0.25) is 0 Å². The molecule has 0 aliphatic heterocycles. The van der Waals surface area contributed by atoms with Crippen LogP contribution in [-0.4, -0.2) is 6.61 Å². The first-order valence-corrected chi connectivity index (χ1v) is 9.28. The van der Waals surface area contributed by atoms with Crippen molar-refractivity contribution in [2.45, 2.75) is 77.6 Å². The molecule has 2 unspecified atom stereocenters. The monoisotopic (exact) mass is 324 g/mol. The number of benzene rings is 1. The van der Waals surface area contributed by atoms with E-state index in [2.05, 4.69) is 6.92 Å². The van der Waals surface area contributed by atoms with Gasteiger partial charge in [0.15, 0.2) is 11.6 Å². The molecule has 1 aromatic carbocycles. The van der Waals surface area contributed by atoms with Crippen molar-refractivity contribution in [3.63, 3.8) is 0 Å². The molecule has 1 aliphatic carbocycles. The van der Waals surface area contributed by atoms with Crippen LogP contribution < -0.4 is 4.74 Å². The zero-order valence-electron chi connectivity index (χ0n) is 14.5. The van der Waals surface area contributed by atoms with E-state index in [1.807, 2.05) is 0 Å². The van der Waals surface area contributed by atoms with Gasteiger partial charge in [-0.1, -0.05) is 51.5 Å². The van der Waals surface area contributed by atoms with Gasteiger partial charge in [-0.15, -0.1) is 0 Å². The van der Waals surface area contributed by atoms with Crippen molar-refractivity contribution >= 4 is 0 Å². The van der Waals surface area contributed by atoms with Gasteiger partial charge in [0.05, 0.1) is 6.61 Å². The summed E-state index contributed by atoms with van der Waals surface area (Å²) in [6, 6.07) is 3.31. The van der Waals surface area contributed by atoms with Crippen LogP contribution in [0.5, 0.6) is 5.75 Å². The van der Waals surface area contributed by atoms with Crippen LogP contribution in [0.4, 0.5) is 8.78 Å². The SMILES string of the molecule is CCCCCC1CCCC(c2ccc(OCC)c(F)c2F)CC1. The summed E-state index contributed by atoms with van der Waals surface area (Å²) in [6.07, 6.45) is 10.6. The van der Waals surface area contributed by atoms with Gasteiger partial charge in [0.2, 0.25) is 5.82 Å². The van der Waals surface area contributed by atoms with Crippen LogP contribution >= 0.6 is 0 Å². The molecule has 0 bridgehead atoms. The van der Waals surface area contributed by atoms with Gasteiger partial charge in [0.1, 0.15) is 0 Å². The lowest BCUT2D eigenvalue weighted by molar-refractivity contribution is 0.312. The topological polar surface area (TPSA) is 9.23 Å². The van der Waals surface area contributed by atoms with E-state index in [-0.39, 0.29) is 11.7 Å². The zero-order valence-corrected chi connectivity index (χ0v) is 14.5. The molecule has 0 N–H and O–H groups in total. The molecule has 1 nitrogen and oxygen atoms in total. The number of unbranched alkanes of at least 4 members (excludes halogenated alkanes) is 2.